The van der Waals surface area contributed by atoms with Crippen LogP contribution in [0, 0.1) is 0 Å². The van der Waals surface area contributed by atoms with Crippen molar-refractivity contribution in [3.63, 3.8) is 0 Å². The molecule has 22 heavy (non-hydrogen) atoms. The highest BCUT2D eigenvalue weighted by molar-refractivity contribution is 5.66. The predicted molar refractivity (Wildman–Crippen MR) is 87.4 cm³/mol. The van der Waals surface area contributed by atoms with Crippen LogP contribution in [0.25, 0.3) is 0 Å². The van der Waals surface area contributed by atoms with Gasteiger partial charge in [-0.1, -0.05) is 30.3 Å². The Hall–Kier alpha value is -2.49. The van der Waals surface area contributed by atoms with E-state index in [1.165, 1.54) is 0 Å². The summed E-state index contributed by atoms with van der Waals surface area (Å²) in [5.74, 6) is 0.0858. The molecule has 2 aromatic rings. The van der Waals surface area contributed by atoms with E-state index in [2.05, 4.69) is 5.32 Å². The summed E-state index contributed by atoms with van der Waals surface area (Å²) in [4.78, 5) is 10.5. The molecule has 0 heterocycles. The number of benzene rings is 2. The Morgan fingerprint density at radius 1 is 1.05 bits per heavy atom. The molecule has 4 nitrogen and oxygen atoms in total. The van der Waals surface area contributed by atoms with E-state index >= 15 is 0 Å². The molecular formula is C18H21NO3. The Morgan fingerprint density at radius 3 is 2.45 bits per heavy atom. The van der Waals surface area contributed by atoms with Gasteiger partial charge in [0.05, 0.1) is 0 Å². The van der Waals surface area contributed by atoms with Crippen LogP contribution in [0.1, 0.15) is 18.4 Å². The number of aliphatic carboxylic acids is 1. The zero-order valence-electron chi connectivity index (χ0n) is 12.5. The third-order valence-corrected chi connectivity index (χ3v) is 3.25. The fourth-order valence-corrected chi connectivity index (χ4v) is 2.12. The molecule has 0 saturated heterocycles. The van der Waals surface area contributed by atoms with E-state index in [0.29, 0.717) is 13.0 Å². The molecule has 0 unspecified atom stereocenters. The van der Waals surface area contributed by atoms with Crippen molar-refractivity contribution in [2.75, 3.05) is 18.5 Å². The number of para-hydroxylation sites is 1. The van der Waals surface area contributed by atoms with E-state index in [0.717, 1.165) is 30.0 Å². The number of nitrogens with one attached hydrogen (secondary N) is 1. The van der Waals surface area contributed by atoms with Gasteiger partial charge in [0, 0.05) is 18.7 Å². The zero-order valence-corrected chi connectivity index (χ0v) is 12.5. The summed E-state index contributed by atoms with van der Waals surface area (Å²) >= 11 is 0. The van der Waals surface area contributed by atoms with Gasteiger partial charge in [0.25, 0.3) is 0 Å². The standard InChI is InChI=1S/C18H21NO3/c20-18(21)8-4-5-15-9-11-17(12-10-15)22-14-13-19-16-6-2-1-3-7-16/h1-3,6-7,9-12,19H,4-5,8,13-14H2,(H,20,21). The van der Waals surface area contributed by atoms with E-state index < -0.39 is 5.97 Å². The van der Waals surface area contributed by atoms with E-state index in [9.17, 15) is 4.79 Å². The van der Waals surface area contributed by atoms with Crippen molar-refractivity contribution >= 4 is 11.7 Å². The molecule has 0 atom stereocenters. The van der Waals surface area contributed by atoms with Gasteiger partial charge >= 0.3 is 5.97 Å². The minimum atomic E-state index is -0.745. The van der Waals surface area contributed by atoms with Crippen molar-refractivity contribution in [2.24, 2.45) is 0 Å². The van der Waals surface area contributed by atoms with Crippen LogP contribution < -0.4 is 10.1 Å². The fourth-order valence-electron chi connectivity index (χ4n) is 2.12. The summed E-state index contributed by atoms with van der Waals surface area (Å²) in [7, 11) is 0. The first-order chi connectivity index (χ1) is 10.7. The summed E-state index contributed by atoms with van der Waals surface area (Å²) in [6.45, 7) is 1.33. The van der Waals surface area contributed by atoms with Gasteiger partial charge in [0.2, 0.25) is 0 Å². The Kier molecular flexibility index (Phi) is 6.30. The van der Waals surface area contributed by atoms with Crippen LogP contribution in [0.4, 0.5) is 5.69 Å². The van der Waals surface area contributed by atoms with Gasteiger partial charge in [0.15, 0.2) is 0 Å². The molecule has 0 spiro atoms. The van der Waals surface area contributed by atoms with Gasteiger partial charge in [-0.3, -0.25) is 4.79 Å². The molecule has 0 saturated carbocycles. The molecule has 0 aliphatic rings. The first-order valence-electron chi connectivity index (χ1n) is 7.46. The molecule has 0 radical (unpaired) electrons. The Bertz CT molecular complexity index is 567. The highest BCUT2D eigenvalue weighted by Gasteiger charge is 1.99. The Balaban J connectivity index is 1.67. The summed E-state index contributed by atoms with van der Waals surface area (Å²) in [6.07, 6.45) is 1.65. The summed E-state index contributed by atoms with van der Waals surface area (Å²) in [5.41, 5.74) is 2.22. The molecule has 0 amide bonds. The van der Waals surface area contributed by atoms with Gasteiger partial charge in [-0.2, -0.15) is 0 Å². The third kappa shape index (κ3) is 5.87. The lowest BCUT2D eigenvalue weighted by Gasteiger charge is -2.09. The second-order valence-corrected chi connectivity index (χ2v) is 5.03. The number of ether oxygens (including phenoxy) is 1. The first-order valence-corrected chi connectivity index (χ1v) is 7.46. The van der Waals surface area contributed by atoms with Gasteiger partial charge in [-0.05, 0) is 42.7 Å². The second kappa shape index (κ2) is 8.72. The molecule has 0 aliphatic carbocycles. The number of carboxylic acids is 1. The number of carboxylic acid groups (broad SMARTS) is 1. The minimum absolute atomic E-state index is 0.212. The average Bonchev–Trinajstić information content (AvgIpc) is 2.54. The molecule has 4 heteroatoms. The van der Waals surface area contributed by atoms with Gasteiger partial charge in [0.1, 0.15) is 12.4 Å². The molecular weight excluding hydrogens is 278 g/mol. The van der Waals surface area contributed by atoms with Crippen LogP contribution in [0.15, 0.2) is 54.6 Å². The summed E-state index contributed by atoms with van der Waals surface area (Å²) in [6, 6.07) is 17.8. The molecule has 116 valence electrons. The Labute approximate surface area is 130 Å². The molecule has 0 aliphatic heterocycles. The van der Waals surface area contributed by atoms with Gasteiger partial charge < -0.3 is 15.2 Å². The van der Waals surface area contributed by atoms with Crippen LogP contribution in [-0.4, -0.2) is 24.2 Å². The number of hydrogen-bond donors (Lipinski definition) is 2. The van der Waals surface area contributed by atoms with Crippen molar-refractivity contribution in [1.82, 2.24) is 0 Å². The van der Waals surface area contributed by atoms with Crippen LogP contribution in [0.3, 0.4) is 0 Å². The van der Waals surface area contributed by atoms with Crippen molar-refractivity contribution in [2.45, 2.75) is 19.3 Å². The first kappa shape index (κ1) is 15.9. The quantitative estimate of drug-likeness (QED) is 0.695. The minimum Gasteiger partial charge on any atom is -0.492 e. The summed E-state index contributed by atoms with van der Waals surface area (Å²) in [5, 5.41) is 11.9. The van der Waals surface area contributed by atoms with Crippen molar-refractivity contribution in [1.29, 1.82) is 0 Å². The SMILES string of the molecule is O=C(O)CCCc1ccc(OCCNc2ccccc2)cc1. The topological polar surface area (TPSA) is 58.6 Å². The van der Waals surface area contributed by atoms with Crippen LogP contribution in [-0.2, 0) is 11.2 Å². The maximum atomic E-state index is 10.5. The smallest absolute Gasteiger partial charge is 0.303 e. The molecule has 2 aromatic carbocycles. The maximum Gasteiger partial charge on any atom is 0.303 e. The van der Waals surface area contributed by atoms with Crippen molar-refractivity contribution in [3.8, 4) is 5.75 Å². The van der Waals surface area contributed by atoms with Gasteiger partial charge in [-0.15, -0.1) is 0 Å². The average molecular weight is 299 g/mol. The van der Waals surface area contributed by atoms with E-state index in [4.69, 9.17) is 9.84 Å². The van der Waals surface area contributed by atoms with Crippen molar-refractivity contribution < 1.29 is 14.6 Å². The second-order valence-electron chi connectivity index (χ2n) is 5.03. The lowest BCUT2D eigenvalue weighted by Crippen LogP contribution is -2.11. The lowest BCUT2D eigenvalue weighted by atomic mass is 10.1. The number of anilines is 1. The van der Waals surface area contributed by atoms with Gasteiger partial charge in [-0.25, -0.2) is 0 Å². The van der Waals surface area contributed by atoms with Crippen LogP contribution in [0.2, 0.25) is 0 Å². The molecule has 2 N–H and O–H groups in total. The van der Waals surface area contributed by atoms with Crippen LogP contribution >= 0.6 is 0 Å². The number of hydrogen-bond acceptors (Lipinski definition) is 3. The van der Waals surface area contributed by atoms with Crippen LogP contribution in [0.5, 0.6) is 5.75 Å². The van der Waals surface area contributed by atoms with E-state index in [1.54, 1.807) is 0 Å². The maximum absolute atomic E-state index is 10.5. The fraction of sp³-hybridized carbons (Fsp3) is 0.278. The molecule has 0 fully saturated rings. The monoisotopic (exact) mass is 299 g/mol. The number of aryl methyl sites for hydroxylation is 1. The largest absolute Gasteiger partial charge is 0.492 e. The van der Waals surface area contributed by atoms with E-state index in [-0.39, 0.29) is 6.42 Å². The third-order valence-electron chi connectivity index (χ3n) is 3.25. The number of carbonyl (C=O) groups is 1. The van der Waals surface area contributed by atoms with Crippen molar-refractivity contribution in [3.05, 3.63) is 60.2 Å². The molecule has 0 bridgehead atoms. The molecule has 0 aromatic heterocycles. The van der Waals surface area contributed by atoms with E-state index in [1.807, 2.05) is 54.6 Å². The zero-order chi connectivity index (χ0) is 15.6. The normalized spacial score (nSPS) is 10.2. The highest BCUT2D eigenvalue weighted by atomic mass is 16.5. The lowest BCUT2D eigenvalue weighted by molar-refractivity contribution is -0.137. The Morgan fingerprint density at radius 2 is 1.77 bits per heavy atom. The highest BCUT2D eigenvalue weighted by Crippen LogP contribution is 2.14. The number of rotatable bonds is 9. The predicted octanol–water partition coefficient (Wildman–Crippen LogP) is 3.58. The molecule has 2 rings (SSSR count). The summed E-state index contributed by atoms with van der Waals surface area (Å²) < 4.78 is 5.67.